The van der Waals surface area contributed by atoms with E-state index >= 15 is 0 Å². The van der Waals surface area contributed by atoms with Gasteiger partial charge in [0.2, 0.25) is 5.69 Å². The van der Waals surface area contributed by atoms with Crippen molar-refractivity contribution in [1.82, 2.24) is 4.90 Å². The zero-order chi connectivity index (χ0) is 45.7. The lowest BCUT2D eigenvalue weighted by atomic mass is 9.81. The first-order chi connectivity index (χ1) is 29.0. The predicted molar refractivity (Wildman–Crippen MR) is 244 cm³/mol. The van der Waals surface area contributed by atoms with Crippen molar-refractivity contribution in [2.24, 2.45) is 0 Å². The van der Waals surface area contributed by atoms with Gasteiger partial charge in [-0.05, 0) is 116 Å². The first-order valence-corrected chi connectivity index (χ1v) is 23.7. The fourth-order valence-electron chi connectivity index (χ4n) is 8.36. The maximum Gasteiger partial charge on any atom is 0.424 e. The number of carbonyl (C=O) groups excluding carboxylic acids is 2. The molecule has 2 aliphatic heterocycles. The summed E-state index contributed by atoms with van der Waals surface area (Å²) in [7, 11) is -4.09. The highest BCUT2D eigenvalue weighted by atomic mass is 32.2. The summed E-state index contributed by atoms with van der Waals surface area (Å²) in [5.74, 6) is 0.312. The van der Waals surface area contributed by atoms with Crippen molar-refractivity contribution in [3.8, 4) is 0 Å². The summed E-state index contributed by atoms with van der Waals surface area (Å²) >= 11 is 1.04. The van der Waals surface area contributed by atoms with Crippen LogP contribution in [0.1, 0.15) is 119 Å². The van der Waals surface area contributed by atoms with Crippen LogP contribution < -0.4 is 4.90 Å². The van der Waals surface area contributed by atoms with Crippen LogP contribution in [0.2, 0.25) is 0 Å². The lowest BCUT2D eigenvalue weighted by Crippen LogP contribution is -2.43. The number of ether oxygens (including phenoxy) is 2. The van der Waals surface area contributed by atoms with E-state index in [1.807, 2.05) is 48.6 Å². The summed E-state index contributed by atoms with van der Waals surface area (Å²) in [6.45, 7) is 20.4. The molecule has 3 aliphatic rings. The minimum Gasteiger partial charge on any atom is -0.443 e. The van der Waals surface area contributed by atoms with E-state index in [0.717, 1.165) is 75.8 Å². The minimum atomic E-state index is -4.09. The van der Waals surface area contributed by atoms with E-state index in [4.69, 9.17) is 14.7 Å². The Hall–Kier alpha value is -4.25. The first kappa shape index (κ1) is 48.8. The van der Waals surface area contributed by atoms with Crippen LogP contribution in [0, 0.1) is 0 Å². The minimum absolute atomic E-state index is 0.294. The number of allylic oxidation sites excluding steroid dienone is 7. The maximum atomic E-state index is 14.3. The summed E-state index contributed by atoms with van der Waals surface area (Å²) in [6, 6.07) is 16.5. The number of benzene rings is 2. The van der Waals surface area contributed by atoms with Crippen LogP contribution in [-0.4, -0.2) is 81.4 Å². The highest BCUT2D eigenvalue weighted by Gasteiger charge is 2.45. The summed E-state index contributed by atoms with van der Waals surface area (Å²) < 4.78 is 51.0. The Labute approximate surface area is 372 Å². The predicted octanol–water partition coefficient (Wildman–Crippen LogP) is 11.0. The Balaban J connectivity index is 1.66. The van der Waals surface area contributed by atoms with Gasteiger partial charge in [0, 0.05) is 65.3 Å². The number of carbonyl (C=O) groups is 2. The van der Waals surface area contributed by atoms with Crippen LogP contribution in [0.5, 0.6) is 0 Å². The van der Waals surface area contributed by atoms with Gasteiger partial charge in [-0.3, -0.25) is 4.55 Å². The highest BCUT2D eigenvalue weighted by Crippen LogP contribution is 2.48. The third-order valence-corrected chi connectivity index (χ3v) is 12.5. The molecule has 0 bridgehead atoms. The molecule has 13 nitrogen and oxygen atoms in total. The van der Waals surface area contributed by atoms with Crippen LogP contribution in [0.25, 0.3) is 0 Å². The molecule has 0 saturated carbocycles. The largest absolute Gasteiger partial charge is 0.443 e. The van der Waals surface area contributed by atoms with Gasteiger partial charge in [-0.25, -0.2) is 14.8 Å². The fraction of sp³-hybridized carbons (Fsp3) is 0.511. The molecule has 2 amide bonds. The topological polar surface area (TPSA) is 155 Å². The number of anilines is 1. The Morgan fingerprint density at radius 1 is 0.839 bits per heavy atom. The molecule has 0 radical (unpaired) electrons. The standard InChI is InChI=1S/C47H63N3O10S2/c1-44(2,3)57-42(51)50(43(52)58-45(4,5)6)41-33(25-27-39-46(7,8)35-19-11-13-21-37(35)48(39)29-15-17-31-61-60-59-53)23-24-34(41)26-28-40-47(9,10)36-20-12-14-22-38(36)49(40)30-16-18-32-62(54,55)56/h11-14,19-22,25-28H,15-18,23-24,29-32H2,1-10H3,(H-,53,54,55,56)/p+1. The summed E-state index contributed by atoms with van der Waals surface area (Å²) in [5, 5.41) is 12.3. The van der Waals surface area contributed by atoms with Crippen LogP contribution in [0.4, 0.5) is 21.0 Å². The molecular weight excluding hydrogens is 831 g/mol. The first-order valence-electron chi connectivity index (χ1n) is 21.2. The van der Waals surface area contributed by atoms with E-state index in [0.29, 0.717) is 43.7 Å². The Bertz CT molecular complexity index is 2230. The zero-order valence-electron chi connectivity index (χ0n) is 37.8. The molecule has 338 valence electrons. The van der Waals surface area contributed by atoms with Crippen LogP contribution in [0.15, 0.2) is 95.4 Å². The molecule has 15 heteroatoms. The van der Waals surface area contributed by atoms with Crippen LogP contribution in [0.3, 0.4) is 0 Å². The monoisotopic (exact) mass is 894 g/mol. The molecular formula is C47H64N3O10S2+. The third kappa shape index (κ3) is 11.9. The quantitative estimate of drug-likeness (QED) is 0.0411. The second-order valence-corrected chi connectivity index (χ2v) is 21.2. The van der Waals surface area contributed by atoms with E-state index in [9.17, 15) is 22.6 Å². The number of hydrogen-bond donors (Lipinski definition) is 2. The van der Waals surface area contributed by atoms with Gasteiger partial charge in [-0.2, -0.15) is 17.9 Å². The molecule has 62 heavy (non-hydrogen) atoms. The molecule has 5 rings (SSSR count). The van der Waals surface area contributed by atoms with E-state index in [1.165, 1.54) is 5.56 Å². The third-order valence-electron chi connectivity index (χ3n) is 11.1. The molecule has 0 aromatic heterocycles. The van der Waals surface area contributed by atoms with Gasteiger partial charge in [-0.15, -0.1) is 4.33 Å². The van der Waals surface area contributed by atoms with E-state index in [2.05, 4.69) is 70.8 Å². The molecule has 0 unspecified atom stereocenters. The normalized spacial score (nSPS) is 18.6. The van der Waals surface area contributed by atoms with Gasteiger partial charge >= 0.3 is 12.2 Å². The second-order valence-electron chi connectivity index (χ2n) is 18.9. The zero-order valence-corrected chi connectivity index (χ0v) is 39.5. The average Bonchev–Trinajstić information content (AvgIpc) is 3.72. The van der Waals surface area contributed by atoms with Gasteiger partial charge < -0.3 is 14.4 Å². The number of hydrogen-bond acceptors (Lipinski definition) is 11. The average molecular weight is 895 g/mol. The van der Waals surface area contributed by atoms with Crippen molar-refractivity contribution in [2.45, 2.75) is 130 Å². The van der Waals surface area contributed by atoms with Gasteiger partial charge in [-0.1, -0.05) is 67.4 Å². The molecule has 2 aromatic rings. The van der Waals surface area contributed by atoms with E-state index in [-0.39, 0.29) is 11.2 Å². The van der Waals surface area contributed by atoms with Crippen molar-refractivity contribution in [2.75, 3.05) is 29.5 Å². The molecule has 1 aliphatic carbocycles. The maximum absolute atomic E-state index is 14.3. The molecule has 0 fully saturated rings. The van der Waals surface area contributed by atoms with Crippen LogP contribution in [-0.2, 0) is 39.8 Å². The lowest BCUT2D eigenvalue weighted by molar-refractivity contribution is -0.438. The molecule has 0 saturated heterocycles. The fourth-order valence-corrected chi connectivity index (χ4v) is 9.36. The molecule has 0 spiro atoms. The summed E-state index contributed by atoms with van der Waals surface area (Å²) in [6.07, 6.45) is 9.93. The van der Waals surface area contributed by atoms with Gasteiger partial charge in [0.15, 0.2) is 5.71 Å². The number of para-hydroxylation sites is 2. The number of nitrogens with zero attached hydrogens (tertiary/aromatic N) is 3. The molecule has 2 N–H and O–H groups in total. The molecule has 0 atom stereocenters. The summed E-state index contributed by atoms with van der Waals surface area (Å²) in [4.78, 5) is 32.0. The number of fused-ring (bicyclic) bond motifs is 2. The van der Waals surface area contributed by atoms with E-state index < -0.39 is 38.9 Å². The number of unbranched alkanes of at least 4 members (excludes halogenated alkanes) is 2. The van der Waals surface area contributed by atoms with E-state index in [1.54, 1.807) is 41.5 Å². The summed E-state index contributed by atoms with van der Waals surface area (Å²) in [5.41, 5.74) is 5.70. The van der Waals surface area contributed by atoms with Gasteiger partial charge in [0.25, 0.3) is 10.1 Å². The second kappa shape index (κ2) is 19.6. The van der Waals surface area contributed by atoms with Crippen molar-refractivity contribution in [3.05, 3.63) is 107 Å². The Kier molecular flexibility index (Phi) is 15.5. The SMILES string of the molecule is CC(C)(C)OC(=O)N(C(=O)OC(C)(C)C)C1=C(C=CC2=[N+](CCCCS(=O)(=O)O)c3ccccc3C2(C)C)CCC1=CC=C1N(CCCCSOOO)c2ccccc2C1(C)C. The Morgan fingerprint density at radius 2 is 1.47 bits per heavy atom. The van der Waals surface area contributed by atoms with Gasteiger partial charge in [0.1, 0.15) is 17.7 Å². The number of rotatable bonds is 16. The molecule has 2 aromatic carbocycles. The van der Waals surface area contributed by atoms with Crippen molar-refractivity contribution in [3.63, 3.8) is 0 Å². The van der Waals surface area contributed by atoms with Crippen LogP contribution >= 0.6 is 12.0 Å². The van der Waals surface area contributed by atoms with Crippen molar-refractivity contribution in [1.29, 1.82) is 0 Å². The van der Waals surface area contributed by atoms with Crippen molar-refractivity contribution >= 4 is 51.4 Å². The molecule has 2 heterocycles. The number of imide groups is 1. The van der Waals surface area contributed by atoms with Crippen molar-refractivity contribution < 1.29 is 51.2 Å². The lowest BCUT2D eigenvalue weighted by Gasteiger charge is -2.30. The smallest absolute Gasteiger partial charge is 0.424 e. The number of amides is 2. The Morgan fingerprint density at radius 3 is 2.10 bits per heavy atom. The van der Waals surface area contributed by atoms with Gasteiger partial charge in [0.05, 0.1) is 16.9 Å². The highest BCUT2D eigenvalue weighted by molar-refractivity contribution is 7.94.